The highest BCUT2D eigenvalue weighted by Crippen LogP contribution is 2.27. The van der Waals surface area contributed by atoms with E-state index < -0.39 is 0 Å². The fourth-order valence-corrected chi connectivity index (χ4v) is 1.22. The van der Waals surface area contributed by atoms with Crippen LogP contribution in [0.5, 0.6) is 0 Å². The summed E-state index contributed by atoms with van der Waals surface area (Å²) in [7, 11) is 0. The van der Waals surface area contributed by atoms with E-state index in [0.29, 0.717) is 5.92 Å². The molecule has 0 aromatic rings. The molecule has 0 saturated carbocycles. The lowest BCUT2D eigenvalue weighted by Gasteiger charge is -2.08. The van der Waals surface area contributed by atoms with Gasteiger partial charge < -0.3 is 0 Å². The Morgan fingerprint density at radius 3 is 2.89 bits per heavy atom. The zero-order valence-electron chi connectivity index (χ0n) is 5.20. The third kappa shape index (κ3) is 1.78. The average Bonchev–Trinajstić information content (AvgIpc) is 1.80. The highest BCUT2D eigenvalue weighted by Gasteiger charge is 2.08. The molecule has 1 aliphatic rings. The van der Waals surface area contributed by atoms with Gasteiger partial charge in [-0.3, -0.25) is 0 Å². The fourth-order valence-electron chi connectivity index (χ4n) is 0.784. The molecule has 0 aromatic heterocycles. The van der Waals surface area contributed by atoms with Crippen LogP contribution in [0.4, 0.5) is 4.39 Å². The van der Waals surface area contributed by atoms with Gasteiger partial charge in [0.15, 0.2) is 0 Å². The number of allylic oxidation sites excluding steroid dienone is 4. The summed E-state index contributed by atoms with van der Waals surface area (Å²) in [4.78, 5) is 0. The largest absolute Gasteiger partial charge is 0.206 e. The van der Waals surface area contributed by atoms with Gasteiger partial charge in [0.05, 0.1) is 0 Å². The highest BCUT2D eigenvalue weighted by molar-refractivity contribution is 14.1. The van der Waals surface area contributed by atoms with E-state index in [9.17, 15) is 4.39 Å². The molecule has 0 radical (unpaired) electrons. The topological polar surface area (TPSA) is 0 Å². The van der Waals surface area contributed by atoms with Crippen LogP contribution < -0.4 is 0 Å². The summed E-state index contributed by atoms with van der Waals surface area (Å²) >= 11 is 2.01. The van der Waals surface area contributed by atoms with Crippen molar-refractivity contribution in [2.45, 2.75) is 13.3 Å². The Labute approximate surface area is 68.0 Å². The van der Waals surface area contributed by atoms with E-state index in [-0.39, 0.29) is 5.83 Å². The molecule has 0 heterocycles. The van der Waals surface area contributed by atoms with Crippen LogP contribution in [0.1, 0.15) is 13.3 Å². The van der Waals surface area contributed by atoms with Crippen LogP contribution in [-0.2, 0) is 0 Å². The van der Waals surface area contributed by atoms with E-state index in [4.69, 9.17) is 0 Å². The van der Waals surface area contributed by atoms with Gasteiger partial charge in [0.2, 0.25) is 0 Å². The summed E-state index contributed by atoms with van der Waals surface area (Å²) in [5.41, 5.74) is 0. The van der Waals surface area contributed by atoms with Crippen LogP contribution in [0.15, 0.2) is 21.6 Å². The molecule has 2 heteroatoms. The standard InChI is InChI=1S/C7H8FI/c1-5-2-3-7(9)6(8)4-5/h3-5H,2H2,1H3. The molecule has 0 amide bonds. The third-order valence-corrected chi connectivity index (χ3v) is 2.28. The Kier molecular flexibility index (Phi) is 2.27. The first-order valence-corrected chi connectivity index (χ1v) is 4.01. The second-order valence-corrected chi connectivity index (χ2v) is 3.44. The van der Waals surface area contributed by atoms with E-state index >= 15 is 0 Å². The lowest BCUT2D eigenvalue weighted by Crippen LogP contribution is -1.94. The minimum atomic E-state index is -0.0608. The summed E-state index contributed by atoms with van der Waals surface area (Å²) in [5, 5.41) is 0. The Bertz CT molecular complexity index is 170. The maximum Gasteiger partial charge on any atom is 0.132 e. The van der Waals surface area contributed by atoms with Crippen LogP contribution in [0.25, 0.3) is 0 Å². The van der Waals surface area contributed by atoms with Crippen molar-refractivity contribution in [3.63, 3.8) is 0 Å². The van der Waals surface area contributed by atoms with Crippen molar-refractivity contribution in [3.05, 3.63) is 21.6 Å². The predicted molar refractivity (Wildman–Crippen MR) is 45.1 cm³/mol. The monoisotopic (exact) mass is 238 g/mol. The Morgan fingerprint density at radius 1 is 1.78 bits per heavy atom. The molecule has 1 unspecified atom stereocenters. The van der Waals surface area contributed by atoms with E-state index in [2.05, 4.69) is 0 Å². The molecule has 50 valence electrons. The first-order chi connectivity index (χ1) is 4.20. The molecule has 0 N–H and O–H groups in total. The molecule has 0 aromatic carbocycles. The van der Waals surface area contributed by atoms with Gasteiger partial charge in [0.25, 0.3) is 0 Å². The van der Waals surface area contributed by atoms with Crippen molar-refractivity contribution in [1.29, 1.82) is 0 Å². The quantitative estimate of drug-likeness (QED) is 0.568. The van der Waals surface area contributed by atoms with Gasteiger partial charge in [-0.05, 0) is 41.0 Å². The maximum atomic E-state index is 12.6. The van der Waals surface area contributed by atoms with Crippen LogP contribution in [0, 0.1) is 5.92 Å². The summed E-state index contributed by atoms with van der Waals surface area (Å²) in [6.07, 6.45) is 4.58. The van der Waals surface area contributed by atoms with E-state index in [0.717, 1.165) is 10.0 Å². The molecular weight excluding hydrogens is 230 g/mol. The van der Waals surface area contributed by atoms with Crippen molar-refractivity contribution < 1.29 is 4.39 Å². The Morgan fingerprint density at radius 2 is 2.44 bits per heavy atom. The van der Waals surface area contributed by atoms with Crippen LogP contribution in [0.3, 0.4) is 0 Å². The lowest BCUT2D eigenvalue weighted by molar-refractivity contribution is 0.615. The van der Waals surface area contributed by atoms with Gasteiger partial charge in [-0.15, -0.1) is 0 Å². The van der Waals surface area contributed by atoms with Crippen molar-refractivity contribution in [1.82, 2.24) is 0 Å². The van der Waals surface area contributed by atoms with Gasteiger partial charge in [-0.1, -0.05) is 13.0 Å². The SMILES string of the molecule is CC1C=C(F)C(I)=CC1. The molecule has 0 fully saturated rings. The van der Waals surface area contributed by atoms with Crippen LogP contribution >= 0.6 is 22.6 Å². The summed E-state index contributed by atoms with van der Waals surface area (Å²) < 4.78 is 13.4. The van der Waals surface area contributed by atoms with Crippen LogP contribution in [-0.4, -0.2) is 0 Å². The van der Waals surface area contributed by atoms with E-state index in [1.54, 1.807) is 6.08 Å². The lowest BCUT2D eigenvalue weighted by atomic mass is 10.0. The molecular formula is C7H8FI. The maximum absolute atomic E-state index is 12.6. The molecule has 0 aliphatic heterocycles. The molecule has 0 bridgehead atoms. The van der Waals surface area contributed by atoms with Crippen molar-refractivity contribution in [2.75, 3.05) is 0 Å². The van der Waals surface area contributed by atoms with Gasteiger partial charge in [-0.2, -0.15) is 0 Å². The highest BCUT2D eigenvalue weighted by atomic mass is 127. The zero-order chi connectivity index (χ0) is 6.85. The Hall–Kier alpha value is 0.140. The zero-order valence-corrected chi connectivity index (χ0v) is 7.35. The molecule has 1 aliphatic carbocycles. The van der Waals surface area contributed by atoms with Gasteiger partial charge >= 0.3 is 0 Å². The smallest absolute Gasteiger partial charge is 0.132 e. The summed E-state index contributed by atoms with van der Waals surface area (Å²) in [5.74, 6) is 0.317. The fraction of sp³-hybridized carbons (Fsp3) is 0.429. The average molecular weight is 238 g/mol. The van der Waals surface area contributed by atoms with Gasteiger partial charge in [0, 0.05) is 3.58 Å². The first-order valence-electron chi connectivity index (χ1n) is 2.93. The van der Waals surface area contributed by atoms with E-state index in [1.807, 2.05) is 35.6 Å². The molecule has 0 nitrogen and oxygen atoms in total. The summed E-state index contributed by atoms with van der Waals surface area (Å²) in [6, 6.07) is 0. The second-order valence-electron chi connectivity index (χ2n) is 2.28. The normalized spacial score (nSPS) is 27.2. The van der Waals surface area contributed by atoms with Crippen molar-refractivity contribution >= 4 is 22.6 Å². The number of hydrogen-bond acceptors (Lipinski definition) is 0. The second kappa shape index (κ2) is 2.82. The number of rotatable bonds is 0. The van der Waals surface area contributed by atoms with Gasteiger partial charge in [0.1, 0.15) is 5.83 Å². The molecule has 9 heavy (non-hydrogen) atoms. The number of hydrogen-bond donors (Lipinski definition) is 0. The van der Waals surface area contributed by atoms with E-state index in [1.165, 1.54) is 0 Å². The minimum absolute atomic E-state index is 0.0608. The summed E-state index contributed by atoms with van der Waals surface area (Å²) in [6.45, 7) is 2.01. The Balaban J connectivity index is 2.75. The van der Waals surface area contributed by atoms with Crippen molar-refractivity contribution in [3.8, 4) is 0 Å². The van der Waals surface area contributed by atoms with Crippen LogP contribution in [0.2, 0.25) is 0 Å². The minimum Gasteiger partial charge on any atom is -0.206 e. The number of halogens is 2. The molecule has 1 atom stereocenters. The van der Waals surface area contributed by atoms with Crippen molar-refractivity contribution in [2.24, 2.45) is 5.92 Å². The predicted octanol–water partition coefficient (Wildman–Crippen LogP) is 3.20. The third-order valence-electron chi connectivity index (χ3n) is 1.33. The molecule has 1 rings (SSSR count). The van der Waals surface area contributed by atoms with Gasteiger partial charge in [-0.25, -0.2) is 4.39 Å². The molecule has 0 spiro atoms. The molecule has 0 saturated heterocycles. The first kappa shape index (κ1) is 7.25.